The summed E-state index contributed by atoms with van der Waals surface area (Å²) in [4.78, 5) is 2.19. The fraction of sp³-hybridized carbons (Fsp3) is 1.00. The van der Waals surface area contributed by atoms with Gasteiger partial charge in [0.15, 0.2) is 0 Å². The minimum Gasteiger partial charge on any atom is -0.308 e. The average molecular weight is 143 g/mol. The average Bonchev–Trinajstić information content (AvgIpc) is 2.15. The zero-order valence-electron chi connectivity index (χ0n) is 6.88. The fourth-order valence-corrected chi connectivity index (χ4v) is 1.48. The van der Waals surface area contributed by atoms with Crippen LogP contribution in [0.2, 0.25) is 0 Å². The zero-order valence-corrected chi connectivity index (χ0v) is 6.88. The zero-order chi connectivity index (χ0) is 7.56. The topological polar surface area (TPSA) is 32.5 Å². The molecule has 1 heterocycles. The molecular weight excluding hydrogens is 126 g/mol. The molecule has 0 aromatic heterocycles. The molecule has 0 amide bonds. The van der Waals surface area contributed by atoms with Crippen LogP contribution in [0.1, 0.15) is 12.8 Å². The second kappa shape index (κ2) is 3.32. The Morgan fingerprint density at radius 1 is 1.60 bits per heavy atom. The maximum Gasteiger partial charge on any atom is 0.0368 e. The van der Waals surface area contributed by atoms with Crippen LogP contribution < -0.4 is 5.84 Å². The van der Waals surface area contributed by atoms with Crippen LogP contribution in [0.5, 0.6) is 0 Å². The first-order valence-corrected chi connectivity index (χ1v) is 3.86. The molecule has 0 aliphatic carbocycles. The van der Waals surface area contributed by atoms with Gasteiger partial charge in [0.05, 0.1) is 0 Å². The van der Waals surface area contributed by atoms with Crippen molar-refractivity contribution in [3.05, 3.63) is 0 Å². The lowest BCUT2D eigenvalue weighted by molar-refractivity contribution is 0.212. The van der Waals surface area contributed by atoms with Crippen LogP contribution in [0.25, 0.3) is 0 Å². The quantitative estimate of drug-likeness (QED) is 0.547. The first-order valence-electron chi connectivity index (χ1n) is 3.86. The van der Waals surface area contributed by atoms with Gasteiger partial charge in [0.2, 0.25) is 0 Å². The van der Waals surface area contributed by atoms with Gasteiger partial charge in [0.25, 0.3) is 0 Å². The van der Waals surface area contributed by atoms with Gasteiger partial charge >= 0.3 is 0 Å². The Kier molecular flexibility index (Phi) is 2.65. The van der Waals surface area contributed by atoms with Gasteiger partial charge in [-0.15, -0.1) is 0 Å². The smallest absolute Gasteiger partial charge is 0.0368 e. The Labute approximate surface area is 62.8 Å². The molecule has 0 aromatic carbocycles. The minimum atomic E-state index is 0.593. The van der Waals surface area contributed by atoms with E-state index in [9.17, 15) is 0 Å². The molecule has 0 unspecified atom stereocenters. The Morgan fingerprint density at radius 2 is 2.30 bits per heavy atom. The van der Waals surface area contributed by atoms with E-state index in [0.29, 0.717) is 6.04 Å². The van der Waals surface area contributed by atoms with E-state index in [0.717, 1.165) is 13.1 Å². The maximum atomic E-state index is 5.73. The van der Waals surface area contributed by atoms with Crippen molar-refractivity contribution in [1.29, 1.82) is 0 Å². The van der Waals surface area contributed by atoms with Crippen LogP contribution in [0, 0.1) is 0 Å². The summed E-state index contributed by atoms with van der Waals surface area (Å²) in [6, 6.07) is 0.593. The molecule has 0 spiro atoms. The number of hydrogen-bond acceptors (Lipinski definition) is 3. The molecule has 0 bridgehead atoms. The van der Waals surface area contributed by atoms with Crippen molar-refractivity contribution in [2.45, 2.75) is 18.9 Å². The van der Waals surface area contributed by atoms with E-state index < -0.39 is 0 Å². The molecule has 1 aliphatic rings. The lowest BCUT2D eigenvalue weighted by Gasteiger charge is -2.22. The summed E-state index contributed by atoms with van der Waals surface area (Å²) in [6.07, 6.45) is 2.52. The number of rotatable bonds is 2. The fourth-order valence-electron chi connectivity index (χ4n) is 1.48. The van der Waals surface area contributed by atoms with Crippen molar-refractivity contribution in [2.24, 2.45) is 5.84 Å². The normalized spacial score (nSPS) is 28.2. The SMILES string of the molecule is CN(C)C[C@@H]1CCCN1N. The van der Waals surface area contributed by atoms with Crippen molar-refractivity contribution in [3.8, 4) is 0 Å². The van der Waals surface area contributed by atoms with Gasteiger partial charge in [-0.2, -0.15) is 0 Å². The van der Waals surface area contributed by atoms with Gasteiger partial charge in [-0.3, -0.25) is 5.84 Å². The van der Waals surface area contributed by atoms with Gasteiger partial charge in [0, 0.05) is 19.1 Å². The summed E-state index contributed by atoms with van der Waals surface area (Å²) >= 11 is 0. The lowest BCUT2D eigenvalue weighted by Crippen LogP contribution is -2.41. The third-order valence-electron chi connectivity index (χ3n) is 2.00. The van der Waals surface area contributed by atoms with Crippen LogP contribution in [-0.2, 0) is 0 Å². The van der Waals surface area contributed by atoms with Crippen LogP contribution >= 0.6 is 0 Å². The van der Waals surface area contributed by atoms with E-state index in [1.165, 1.54) is 12.8 Å². The molecular formula is C7H17N3. The van der Waals surface area contributed by atoms with Crippen molar-refractivity contribution >= 4 is 0 Å². The third-order valence-corrected chi connectivity index (χ3v) is 2.00. The predicted molar refractivity (Wildman–Crippen MR) is 42.5 cm³/mol. The van der Waals surface area contributed by atoms with E-state index >= 15 is 0 Å². The molecule has 1 fully saturated rings. The summed E-state index contributed by atoms with van der Waals surface area (Å²) < 4.78 is 0. The number of hydrogen-bond donors (Lipinski definition) is 1. The Morgan fingerprint density at radius 3 is 2.70 bits per heavy atom. The highest BCUT2D eigenvalue weighted by Gasteiger charge is 2.21. The van der Waals surface area contributed by atoms with Gasteiger partial charge in [-0.05, 0) is 26.9 Å². The Hall–Kier alpha value is -0.120. The van der Waals surface area contributed by atoms with Crippen LogP contribution in [0.15, 0.2) is 0 Å². The van der Waals surface area contributed by atoms with Crippen molar-refractivity contribution in [2.75, 3.05) is 27.2 Å². The summed E-state index contributed by atoms with van der Waals surface area (Å²) in [5.74, 6) is 5.73. The van der Waals surface area contributed by atoms with Gasteiger partial charge in [-0.25, -0.2) is 5.01 Å². The number of nitrogens with zero attached hydrogens (tertiary/aromatic N) is 2. The standard InChI is InChI=1S/C7H17N3/c1-9(2)6-7-4-3-5-10(7)8/h7H,3-6,8H2,1-2H3/t7-/m0/s1. The van der Waals surface area contributed by atoms with E-state index in [1.807, 2.05) is 5.01 Å². The molecule has 1 aliphatic heterocycles. The molecule has 1 saturated heterocycles. The first kappa shape index (κ1) is 7.98. The van der Waals surface area contributed by atoms with E-state index in [2.05, 4.69) is 19.0 Å². The number of likely N-dealkylation sites (N-methyl/N-ethyl adjacent to an activating group) is 1. The van der Waals surface area contributed by atoms with Crippen molar-refractivity contribution in [1.82, 2.24) is 9.91 Å². The Bertz CT molecular complexity index is 103. The highest BCUT2D eigenvalue weighted by atomic mass is 15.4. The molecule has 0 radical (unpaired) electrons. The summed E-state index contributed by atoms with van der Waals surface area (Å²) in [7, 11) is 4.18. The van der Waals surface area contributed by atoms with E-state index in [1.54, 1.807) is 0 Å². The molecule has 60 valence electrons. The number of nitrogens with two attached hydrogens (primary N) is 1. The van der Waals surface area contributed by atoms with Crippen LogP contribution in [0.4, 0.5) is 0 Å². The third kappa shape index (κ3) is 1.94. The maximum absolute atomic E-state index is 5.73. The van der Waals surface area contributed by atoms with Gasteiger partial charge < -0.3 is 4.90 Å². The van der Waals surface area contributed by atoms with Crippen LogP contribution in [-0.4, -0.2) is 43.1 Å². The van der Waals surface area contributed by atoms with Crippen molar-refractivity contribution < 1.29 is 0 Å². The monoisotopic (exact) mass is 143 g/mol. The summed E-state index contributed by atoms with van der Waals surface area (Å²) in [5.41, 5.74) is 0. The molecule has 0 saturated carbocycles. The second-order valence-corrected chi connectivity index (χ2v) is 3.30. The molecule has 3 heteroatoms. The molecule has 3 nitrogen and oxygen atoms in total. The highest BCUT2D eigenvalue weighted by Crippen LogP contribution is 2.12. The van der Waals surface area contributed by atoms with Crippen molar-refractivity contribution in [3.63, 3.8) is 0 Å². The van der Waals surface area contributed by atoms with Gasteiger partial charge in [-0.1, -0.05) is 0 Å². The van der Waals surface area contributed by atoms with E-state index in [4.69, 9.17) is 5.84 Å². The molecule has 10 heavy (non-hydrogen) atoms. The highest BCUT2D eigenvalue weighted by molar-refractivity contribution is 4.76. The minimum absolute atomic E-state index is 0.593. The Balaban J connectivity index is 2.26. The van der Waals surface area contributed by atoms with Crippen LogP contribution in [0.3, 0.4) is 0 Å². The molecule has 1 atom stereocenters. The molecule has 0 aromatic rings. The largest absolute Gasteiger partial charge is 0.308 e. The summed E-state index contributed by atoms with van der Waals surface area (Å²) in [5, 5.41) is 1.96. The second-order valence-electron chi connectivity index (χ2n) is 3.30. The first-order chi connectivity index (χ1) is 4.70. The van der Waals surface area contributed by atoms with Gasteiger partial charge in [0.1, 0.15) is 0 Å². The lowest BCUT2D eigenvalue weighted by atomic mass is 10.2. The summed E-state index contributed by atoms with van der Waals surface area (Å²) in [6.45, 7) is 2.16. The number of hydrazine groups is 1. The predicted octanol–water partition coefficient (Wildman–Crippen LogP) is -0.114. The van der Waals surface area contributed by atoms with E-state index in [-0.39, 0.29) is 0 Å². The molecule has 2 N–H and O–H groups in total. The molecule has 1 rings (SSSR count).